The summed E-state index contributed by atoms with van der Waals surface area (Å²) in [4.78, 5) is 38.4. The summed E-state index contributed by atoms with van der Waals surface area (Å²) in [5, 5.41) is 1.55. The fraction of sp³-hybridized carbons (Fsp3) is 0.115. The van der Waals surface area contributed by atoms with Crippen molar-refractivity contribution < 1.29 is 0 Å². The van der Waals surface area contributed by atoms with Crippen molar-refractivity contribution in [1.82, 2.24) is 24.5 Å². The van der Waals surface area contributed by atoms with Gasteiger partial charge in [-0.15, -0.1) is 0 Å². The summed E-state index contributed by atoms with van der Waals surface area (Å²) in [7, 11) is 0. The Morgan fingerprint density at radius 2 is 1.66 bits per heavy atom. The molecule has 35 heavy (non-hydrogen) atoms. The predicted octanol–water partition coefficient (Wildman–Crippen LogP) is 4.38. The van der Waals surface area contributed by atoms with E-state index in [4.69, 9.17) is 22.3 Å². The van der Waals surface area contributed by atoms with Gasteiger partial charge in [-0.1, -0.05) is 41.9 Å². The smallest absolute Gasteiger partial charge is 0.323 e. The monoisotopic (exact) mass is 484 g/mol. The number of fused-ring (bicyclic) bond motifs is 3. The zero-order valence-electron chi connectivity index (χ0n) is 18.6. The predicted molar refractivity (Wildman–Crippen MR) is 140 cm³/mol. The number of rotatable bonds is 5. The van der Waals surface area contributed by atoms with Gasteiger partial charge >= 0.3 is 5.69 Å². The molecule has 0 aliphatic carbocycles. The van der Waals surface area contributed by atoms with Crippen molar-refractivity contribution in [3.05, 3.63) is 86.5 Å². The Morgan fingerprint density at radius 3 is 2.43 bits per heavy atom. The van der Waals surface area contributed by atoms with E-state index in [1.165, 1.54) is 0 Å². The Balaban J connectivity index is 1.71. The highest BCUT2D eigenvalue weighted by Crippen LogP contribution is 2.40. The highest BCUT2D eigenvalue weighted by atomic mass is 35.5. The van der Waals surface area contributed by atoms with Crippen LogP contribution in [0.3, 0.4) is 0 Å². The number of hydrogen-bond donors (Lipinski definition) is 4. The van der Waals surface area contributed by atoms with Gasteiger partial charge in [-0.3, -0.25) is 4.79 Å². The van der Waals surface area contributed by atoms with E-state index < -0.39 is 0 Å². The Morgan fingerprint density at radius 1 is 0.914 bits per heavy atom. The number of halogens is 1. The van der Waals surface area contributed by atoms with Gasteiger partial charge in [0.15, 0.2) is 0 Å². The quantitative estimate of drug-likeness (QED) is 0.289. The van der Waals surface area contributed by atoms with Crippen molar-refractivity contribution in [3.63, 3.8) is 0 Å². The van der Waals surface area contributed by atoms with E-state index in [2.05, 4.69) is 19.5 Å². The molecule has 9 heteroatoms. The molecule has 8 nitrogen and oxygen atoms in total. The number of hydrogen-bond acceptors (Lipinski definition) is 4. The van der Waals surface area contributed by atoms with Gasteiger partial charge in [-0.25, -0.2) is 9.78 Å². The fourth-order valence-corrected chi connectivity index (χ4v) is 4.84. The maximum absolute atomic E-state index is 13.4. The lowest BCUT2D eigenvalue weighted by Crippen LogP contribution is -2.12. The fourth-order valence-electron chi connectivity index (χ4n) is 4.72. The van der Waals surface area contributed by atoms with Crippen LogP contribution >= 0.6 is 11.6 Å². The molecule has 5 N–H and O–H groups in total. The van der Waals surface area contributed by atoms with Crippen molar-refractivity contribution in [2.45, 2.75) is 13.0 Å². The third kappa shape index (κ3) is 3.54. The standard InChI is InChI=1S/C26H21ClN6O2/c27-15-8-6-14(7-9-15)24-22(16-4-1-2-5-21(16)33(24)11-3-10-28)23-25(34)30-18-13-20-19(12-17(18)29-23)31-26(35)32-20/h1-2,4-9,12-13H,3,10-11,28H2,(H,30,34)(H2,31,32,35). The van der Waals surface area contributed by atoms with E-state index in [1.807, 2.05) is 48.5 Å². The number of aromatic amines is 3. The van der Waals surface area contributed by atoms with Crippen LogP contribution in [0.25, 0.3) is 55.5 Å². The van der Waals surface area contributed by atoms with Crippen LogP contribution in [-0.2, 0) is 6.54 Å². The average molecular weight is 485 g/mol. The van der Waals surface area contributed by atoms with Crippen molar-refractivity contribution in [3.8, 4) is 22.5 Å². The molecule has 0 unspecified atom stereocenters. The number of aromatic nitrogens is 5. The van der Waals surface area contributed by atoms with Crippen LogP contribution in [0.1, 0.15) is 6.42 Å². The number of nitrogens with one attached hydrogen (secondary N) is 3. The zero-order valence-corrected chi connectivity index (χ0v) is 19.3. The molecule has 0 spiro atoms. The van der Waals surface area contributed by atoms with E-state index in [9.17, 15) is 9.59 Å². The number of nitrogens with zero attached hydrogens (tertiary/aromatic N) is 2. The van der Waals surface area contributed by atoms with Crippen LogP contribution in [0.4, 0.5) is 0 Å². The largest absolute Gasteiger partial charge is 0.340 e. The number of benzene rings is 3. The first-order valence-electron chi connectivity index (χ1n) is 11.3. The van der Waals surface area contributed by atoms with Crippen LogP contribution in [0.5, 0.6) is 0 Å². The first-order valence-corrected chi connectivity index (χ1v) is 11.6. The lowest BCUT2D eigenvalue weighted by molar-refractivity contribution is 0.676. The molecule has 0 fully saturated rings. The molecule has 174 valence electrons. The van der Waals surface area contributed by atoms with Crippen LogP contribution in [0.15, 0.2) is 70.3 Å². The third-order valence-electron chi connectivity index (χ3n) is 6.24. The summed E-state index contributed by atoms with van der Waals surface area (Å²) >= 11 is 6.18. The van der Waals surface area contributed by atoms with Gasteiger partial charge < -0.3 is 25.3 Å². The van der Waals surface area contributed by atoms with E-state index in [0.29, 0.717) is 45.9 Å². The summed E-state index contributed by atoms with van der Waals surface area (Å²) in [6.07, 6.45) is 0.777. The molecular formula is C26H21ClN6O2. The minimum Gasteiger partial charge on any atom is -0.340 e. The molecule has 3 aromatic heterocycles. The number of para-hydroxylation sites is 1. The van der Waals surface area contributed by atoms with E-state index >= 15 is 0 Å². The molecule has 0 saturated heterocycles. The number of nitrogens with two attached hydrogens (primary N) is 1. The highest BCUT2D eigenvalue weighted by Gasteiger charge is 2.23. The topological polar surface area (TPSA) is 125 Å². The summed E-state index contributed by atoms with van der Waals surface area (Å²) < 4.78 is 2.19. The minimum atomic E-state index is -0.314. The number of imidazole rings is 1. The second-order valence-electron chi connectivity index (χ2n) is 8.45. The van der Waals surface area contributed by atoms with Gasteiger partial charge in [0.05, 0.1) is 27.8 Å². The summed E-state index contributed by atoms with van der Waals surface area (Å²) in [5.74, 6) is 0. The van der Waals surface area contributed by atoms with Crippen LogP contribution in [-0.4, -0.2) is 31.0 Å². The zero-order chi connectivity index (χ0) is 24.1. The van der Waals surface area contributed by atoms with Gasteiger partial charge in [-0.05, 0) is 48.9 Å². The average Bonchev–Trinajstić information content (AvgIpc) is 3.37. The van der Waals surface area contributed by atoms with Gasteiger partial charge in [0.2, 0.25) is 0 Å². The van der Waals surface area contributed by atoms with Crippen LogP contribution < -0.4 is 17.0 Å². The lowest BCUT2D eigenvalue weighted by Gasteiger charge is -2.13. The van der Waals surface area contributed by atoms with Crippen molar-refractivity contribution in [2.24, 2.45) is 5.73 Å². The molecule has 0 amide bonds. The second-order valence-corrected chi connectivity index (χ2v) is 8.89. The first-order chi connectivity index (χ1) is 17.0. The molecule has 0 atom stereocenters. The highest BCUT2D eigenvalue weighted by molar-refractivity contribution is 6.30. The lowest BCUT2D eigenvalue weighted by atomic mass is 10.0. The Bertz CT molecular complexity index is 1840. The van der Waals surface area contributed by atoms with Gasteiger partial charge in [-0.2, -0.15) is 0 Å². The Labute approximate surface area is 203 Å². The molecule has 0 saturated carbocycles. The minimum absolute atomic E-state index is 0.308. The van der Waals surface area contributed by atoms with Gasteiger partial charge in [0, 0.05) is 28.0 Å². The molecule has 6 aromatic rings. The normalized spacial score (nSPS) is 11.7. The molecule has 0 aliphatic rings. The third-order valence-corrected chi connectivity index (χ3v) is 6.49. The number of aryl methyl sites for hydroxylation is 1. The SMILES string of the molecule is NCCCn1c(-c2ccc(Cl)cc2)c(-c2nc3cc4[nH]c(=O)[nH]c4cc3[nH]c2=O)c2ccccc21. The second kappa shape index (κ2) is 8.26. The molecule has 0 aliphatic heterocycles. The van der Waals surface area contributed by atoms with Gasteiger partial charge in [0.25, 0.3) is 5.56 Å². The van der Waals surface area contributed by atoms with Crippen molar-refractivity contribution in [2.75, 3.05) is 6.54 Å². The van der Waals surface area contributed by atoms with Crippen molar-refractivity contribution in [1.29, 1.82) is 0 Å². The molecule has 0 bridgehead atoms. The molecule has 0 radical (unpaired) electrons. The molecule has 3 aromatic carbocycles. The van der Waals surface area contributed by atoms with E-state index in [1.54, 1.807) is 12.1 Å². The Kier molecular flexibility index (Phi) is 5.05. The van der Waals surface area contributed by atoms with Crippen LogP contribution in [0.2, 0.25) is 5.02 Å². The molecule has 6 rings (SSSR count). The van der Waals surface area contributed by atoms with E-state index in [0.717, 1.165) is 34.1 Å². The maximum atomic E-state index is 13.4. The Hall–Kier alpha value is -4.14. The van der Waals surface area contributed by atoms with Crippen LogP contribution in [0, 0.1) is 0 Å². The summed E-state index contributed by atoms with van der Waals surface area (Å²) in [6.45, 7) is 1.23. The first kappa shape index (κ1) is 21.4. The molecular weight excluding hydrogens is 464 g/mol. The number of H-pyrrole nitrogens is 3. The van der Waals surface area contributed by atoms with E-state index in [-0.39, 0.29) is 11.2 Å². The molecule has 3 heterocycles. The maximum Gasteiger partial charge on any atom is 0.323 e. The summed E-state index contributed by atoms with van der Waals surface area (Å²) in [6, 6.07) is 19.0. The van der Waals surface area contributed by atoms with Gasteiger partial charge in [0.1, 0.15) is 5.69 Å². The van der Waals surface area contributed by atoms with Crippen molar-refractivity contribution >= 4 is 44.6 Å². The summed E-state index contributed by atoms with van der Waals surface area (Å²) in [5.41, 5.74) is 11.4.